The van der Waals surface area contributed by atoms with Crippen molar-refractivity contribution in [2.75, 3.05) is 6.54 Å². The molecule has 2 amide bonds. The molecule has 2 heterocycles. The zero-order chi connectivity index (χ0) is 22.2. The Labute approximate surface area is 187 Å². The number of aliphatic hydroxyl groups excluding tert-OH is 1. The standard InChI is InChI=1S/C25H29N3O4/c29-20-12-19(13-20)26-23(30)22-21-9-11-27(24(31)17-6-7-17)14-18(21)15-28(25(22)32)10-8-16-4-2-1-3-5-16/h1-5,15,17,19-20,29H,6-14H2,(H,26,30). The SMILES string of the molecule is O=C(NC1CC(O)C1)c1c2c(cn(CCc3ccccc3)c1=O)CN(C(=O)C1CC1)CC2. The molecule has 2 saturated carbocycles. The molecule has 5 rings (SSSR count). The van der Waals surface area contributed by atoms with Crippen molar-refractivity contribution in [1.29, 1.82) is 0 Å². The molecule has 2 aliphatic carbocycles. The van der Waals surface area contributed by atoms with E-state index in [1.807, 2.05) is 41.4 Å². The van der Waals surface area contributed by atoms with E-state index in [0.717, 1.165) is 29.5 Å². The Morgan fingerprint density at radius 3 is 2.56 bits per heavy atom. The minimum atomic E-state index is -0.380. The number of pyridine rings is 1. The van der Waals surface area contributed by atoms with E-state index < -0.39 is 0 Å². The number of benzene rings is 1. The minimum Gasteiger partial charge on any atom is -0.393 e. The van der Waals surface area contributed by atoms with E-state index in [2.05, 4.69) is 5.32 Å². The quantitative estimate of drug-likeness (QED) is 0.722. The van der Waals surface area contributed by atoms with Crippen LogP contribution in [0.3, 0.4) is 0 Å². The zero-order valence-electron chi connectivity index (χ0n) is 18.1. The largest absolute Gasteiger partial charge is 0.393 e. The summed E-state index contributed by atoms with van der Waals surface area (Å²) in [6.07, 6.45) is 5.61. The molecule has 0 atom stereocenters. The number of nitrogens with one attached hydrogen (secondary N) is 1. The fourth-order valence-electron chi connectivity index (χ4n) is 4.75. The number of rotatable bonds is 6. The lowest BCUT2D eigenvalue weighted by Crippen LogP contribution is -2.49. The van der Waals surface area contributed by atoms with Gasteiger partial charge in [-0.15, -0.1) is 0 Å². The maximum atomic E-state index is 13.4. The molecule has 1 aromatic heterocycles. The molecular weight excluding hydrogens is 406 g/mol. The predicted octanol–water partition coefficient (Wildman–Crippen LogP) is 1.64. The van der Waals surface area contributed by atoms with Gasteiger partial charge in [0.1, 0.15) is 5.56 Å². The number of aryl methyl sites for hydroxylation is 2. The normalized spacial score (nSPS) is 22.1. The van der Waals surface area contributed by atoms with Crippen LogP contribution in [0.1, 0.15) is 52.7 Å². The summed E-state index contributed by atoms with van der Waals surface area (Å²) in [6.45, 7) is 1.45. The first kappa shape index (κ1) is 20.9. The second-order valence-corrected chi connectivity index (χ2v) is 9.32. The molecule has 2 aromatic rings. The maximum absolute atomic E-state index is 13.4. The van der Waals surface area contributed by atoms with Crippen molar-refractivity contribution in [3.05, 3.63) is 69.1 Å². The van der Waals surface area contributed by atoms with Gasteiger partial charge in [0.25, 0.3) is 11.5 Å². The van der Waals surface area contributed by atoms with Crippen LogP contribution < -0.4 is 10.9 Å². The molecule has 0 bridgehead atoms. The van der Waals surface area contributed by atoms with Crippen molar-refractivity contribution < 1.29 is 14.7 Å². The van der Waals surface area contributed by atoms with Crippen LogP contribution in [0.5, 0.6) is 0 Å². The van der Waals surface area contributed by atoms with Crippen molar-refractivity contribution in [3.8, 4) is 0 Å². The van der Waals surface area contributed by atoms with Crippen molar-refractivity contribution in [2.24, 2.45) is 5.92 Å². The summed E-state index contributed by atoms with van der Waals surface area (Å²) in [5.41, 5.74) is 2.70. The average Bonchev–Trinajstić information content (AvgIpc) is 3.62. The van der Waals surface area contributed by atoms with Crippen LogP contribution in [-0.4, -0.2) is 45.1 Å². The van der Waals surface area contributed by atoms with Crippen LogP contribution in [0.2, 0.25) is 0 Å². The topological polar surface area (TPSA) is 91.6 Å². The highest BCUT2D eigenvalue weighted by Gasteiger charge is 2.36. The van der Waals surface area contributed by atoms with Gasteiger partial charge in [0.15, 0.2) is 0 Å². The van der Waals surface area contributed by atoms with Gasteiger partial charge in [-0.3, -0.25) is 14.4 Å². The van der Waals surface area contributed by atoms with E-state index in [0.29, 0.717) is 45.3 Å². The summed E-state index contributed by atoms with van der Waals surface area (Å²) in [5, 5.41) is 12.5. The van der Waals surface area contributed by atoms with E-state index in [9.17, 15) is 19.5 Å². The summed E-state index contributed by atoms with van der Waals surface area (Å²) in [7, 11) is 0. The van der Waals surface area contributed by atoms with Crippen LogP contribution in [0.25, 0.3) is 0 Å². The number of aromatic nitrogens is 1. The van der Waals surface area contributed by atoms with Gasteiger partial charge in [0.2, 0.25) is 5.91 Å². The zero-order valence-corrected chi connectivity index (χ0v) is 18.1. The van der Waals surface area contributed by atoms with Crippen LogP contribution in [-0.2, 0) is 30.7 Å². The smallest absolute Gasteiger partial charge is 0.263 e. The van der Waals surface area contributed by atoms with Gasteiger partial charge in [-0.25, -0.2) is 0 Å². The number of aliphatic hydroxyl groups is 1. The van der Waals surface area contributed by atoms with Crippen LogP contribution in [0, 0.1) is 5.92 Å². The van der Waals surface area contributed by atoms with Gasteiger partial charge in [-0.1, -0.05) is 30.3 Å². The predicted molar refractivity (Wildman–Crippen MR) is 119 cm³/mol. The van der Waals surface area contributed by atoms with Gasteiger partial charge in [0, 0.05) is 37.8 Å². The van der Waals surface area contributed by atoms with E-state index in [1.54, 1.807) is 4.57 Å². The fraction of sp³-hybridized carbons (Fsp3) is 0.480. The lowest BCUT2D eigenvalue weighted by atomic mass is 9.89. The van der Waals surface area contributed by atoms with Gasteiger partial charge in [-0.05, 0) is 55.2 Å². The third-order valence-electron chi connectivity index (χ3n) is 6.87. The molecule has 168 valence electrons. The molecule has 7 heteroatoms. The lowest BCUT2D eigenvalue weighted by Gasteiger charge is -2.33. The molecule has 1 aromatic carbocycles. The second kappa shape index (κ2) is 8.54. The van der Waals surface area contributed by atoms with Crippen molar-refractivity contribution in [1.82, 2.24) is 14.8 Å². The van der Waals surface area contributed by atoms with Crippen LogP contribution in [0.4, 0.5) is 0 Å². The molecule has 0 spiro atoms. The van der Waals surface area contributed by atoms with Gasteiger partial charge >= 0.3 is 0 Å². The highest BCUT2D eigenvalue weighted by atomic mass is 16.3. The lowest BCUT2D eigenvalue weighted by molar-refractivity contribution is -0.133. The van der Waals surface area contributed by atoms with Crippen molar-refractivity contribution >= 4 is 11.8 Å². The number of carbonyl (C=O) groups excluding carboxylic acids is 2. The number of amides is 2. The van der Waals surface area contributed by atoms with Crippen molar-refractivity contribution in [3.63, 3.8) is 0 Å². The maximum Gasteiger partial charge on any atom is 0.263 e. The molecule has 7 nitrogen and oxygen atoms in total. The Morgan fingerprint density at radius 1 is 1.12 bits per heavy atom. The number of carbonyl (C=O) groups is 2. The Morgan fingerprint density at radius 2 is 1.88 bits per heavy atom. The molecular formula is C25H29N3O4. The third kappa shape index (κ3) is 4.21. The average molecular weight is 436 g/mol. The molecule has 32 heavy (non-hydrogen) atoms. The molecule has 0 unspecified atom stereocenters. The molecule has 2 fully saturated rings. The van der Waals surface area contributed by atoms with Gasteiger partial charge in [0.05, 0.1) is 6.10 Å². The molecule has 3 aliphatic rings. The van der Waals surface area contributed by atoms with E-state index in [4.69, 9.17) is 0 Å². The number of nitrogens with zero attached hydrogens (tertiary/aromatic N) is 2. The highest BCUT2D eigenvalue weighted by molar-refractivity contribution is 5.96. The summed E-state index contributed by atoms with van der Waals surface area (Å²) in [6, 6.07) is 9.85. The second-order valence-electron chi connectivity index (χ2n) is 9.32. The fourth-order valence-corrected chi connectivity index (χ4v) is 4.75. The van der Waals surface area contributed by atoms with Gasteiger partial charge < -0.3 is 19.9 Å². The monoisotopic (exact) mass is 435 g/mol. The summed E-state index contributed by atoms with van der Waals surface area (Å²) in [4.78, 5) is 41.0. The summed E-state index contributed by atoms with van der Waals surface area (Å²) >= 11 is 0. The summed E-state index contributed by atoms with van der Waals surface area (Å²) in [5.74, 6) is -0.0281. The van der Waals surface area contributed by atoms with Gasteiger partial charge in [-0.2, -0.15) is 0 Å². The summed E-state index contributed by atoms with van der Waals surface area (Å²) < 4.78 is 1.63. The van der Waals surface area contributed by atoms with Crippen LogP contribution >= 0.6 is 0 Å². The number of fused-ring (bicyclic) bond motifs is 1. The van der Waals surface area contributed by atoms with E-state index in [1.165, 1.54) is 0 Å². The Kier molecular flexibility index (Phi) is 5.59. The third-order valence-corrected chi connectivity index (χ3v) is 6.87. The van der Waals surface area contributed by atoms with Crippen molar-refractivity contribution in [2.45, 2.75) is 63.8 Å². The number of hydrogen-bond donors (Lipinski definition) is 2. The minimum absolute atomic E-state index is 0.0953. The Hall–Kier alpha value is -2.93. The first-order valence-electron chi connectivity index (χ1n) is 11.6. The Balaban J connectivity index is 1.44. The number of hydrogen-bond acceptors (Lipinski definition) is 4. The molecule has 2 N–H and O–H groups in total. The van der Waals surface area contributed by atoms with E-state index >= 15 is 0 Å². The van der Waals surface area contributed by atoms with E-state index in [-0.39, 0.29) is 41.0 Å². The molecule has 0 saturated heterocycles. The first-order chi connectivity index (χ1) is 15.5. The highest BCUT2D eigenvalue weighted by Crippen LogP contribution is 2.33. The molecule has 0 radical (unpaired) electrons. The Bertz CT molecular complexity index is 1080. The molecule has 1 aliphatic heterocycles. The van der Waals surface area contributed by atoms with Crippen LogP contribution in [0.15, 0.2) is 41.3 Å². The first-order valence-corrected chi connectivity index (χ1v) is 11.6.